The first-order chi connectivity index (χ1) is 17.0. The highest BCUT2D eigenvalue weighted by molar-refractivity contribution is 7.92. The summed E-state index contributed by atoms with van der Waals surface area (Å²) in [5.74, 6) is -0.704. The van der Waals surface area contributed by atoms with Crippen LogP contribution < -0.4 is 9.62 Å². The maximum atomic E-state index is 13.8. The number of hydrogen-bond donors (Lipinski definition) is 1. The van der Waals surface area contributed by atoms with Crippen LogP contribution in [0, 0.1) is 6.92 Å². The van der Waals surface area contributed by atoms with Crippen LogP contribution in [0.15, 0.2) is 66.7 Å². The molecule has 7 nitrogen and oxygen atoms in total. The van der Waals surface area contributed by atoms with Crippen molar-refractivity contribution in [2.45, 2.75) is 52.7 Å². The van der Waals surface area contributed by atoms with E-state index in [0.717, 1.165) is 32.5 Å². The van der Waals surface area contributed by atoms with Gasteiger partial charge in [-0.2, -0.15) is 0 Å². The van der Waals surface area contributed by atoms with Crippen molar-refractivity contribution in [2.24, 2.45) is 0 Å². The Hall–Kier alpha value is -3.39. The number of benzene rings is 3. The van der Waals surface area contributed by atoms with E-state index >= 15 is 0 Å². The number of hydrogen-bond acceptors (Lipinski definition) is 4. The van der Waals surface area contributed by atoms with Crippen LogP contribution in [0.25, 0.3) is 10.8 Å². The molecule has 0 fully saturated rings. The molecule has 0 saturated carbocycles. The van der Waals surface area contributed by atoms with Gasteiger partial charge in [0.1, 0.15) is 12.6 Å². The first-order valence-electron chi connectivity index (χ1n) is 12.1. The lowest BCUT2D eigenvalue weighted by atomic mass is 10.1. The number of sulfonamides is 1. The highest BCUT2D eigenvalue weighted by atomic mass is 32.2. The zero-order chi connectivity index (χ0) is 26.5. The SMILES string of the molecule is CC[C@H](C(=O)NC(C)C)N(Cc1cccc(C)c1)C(=O)CN(c1cccc2ccccc12)S(C)(=O)=O. The van der Waals surface area contributed by atoms with Gasteiger partial charge in [0, 0.05) is 18.0 Å². The largest absolute Gasteiger partial charge is 0.352 e. The summed E-state index contributed by atoms with van der Waals surface area (Å²) in [6.45, 7) is 7.32. The minimum absolute atomic E-state index is 0.0920. The Bertz CT molecular complexity index is 1330. The third-order valence-corrected chi connectivity index (χ3v) is 7.09. The summed E-state index contributed by atoms with van der Waals surface area (Å²) in [6, 6.07) is 19.7. The first-order valence-corrected chi connectivity index (χ1v) is 14.0. The predicted octanol–water partition coefficient (Wildman–Crippen LogP) is 4.25. The van der Waals surface area contributed by atoms with Gasteiger partial charge in [0.15, 0.2) is 0 Å². The third-order valence-electron chi connectivity index (χ3n) is 5.97. The van der Waals surface area contributed by atoms with Gasteiger partial charge in [0.25, 0.3) is 0 Å². The summed E-state index contributed by atoms with van der Waals surface area (Å²) >= 11 is 0. The molecule has 3 rings (SSSR count). The molecule has 0 heterocycles. The van der Waals surface area contributed by atoms with Crippen LogP contribution in [0.3, 0.4) is 0 Å². The molecule has 0 aliphatic rings. The molecule has 1 N–H and O–H groups in total. The van der Waals surface area contributed by atoms with Gasteiger partial charge in [-0.15, -0.1) is 0 Å². The zero-order valence-corrected chi connectivity index (χ0v) is 22.4. The van der Waals surface area contributed by atoms with Crippen molar-refractivity contribution in [1.82, 2.24) is 10.2 Å². The number of aryl methyl sites for hydroxylation is 1. The Morgan fingerprint density at radius 2 is 1.64 bits per heavy atom. The number of carbonyl (C=O) groups excluding carboxylic acids is 2. The molecule has 2 amide bonds. The minimum Gasteiger partial charge on any atom is -0.352 e. The molecule has 3 aromatic carbocycles. The van der Waals surface area contributed by atoms with Crippen molar-refractivity contribution in [3.05, 3.63) is 77.9 Å². The lowest BCUT2D eigenvalue weighted by molar-refractivity contribution is -0.140. The number of amides is 2. The van der Waals surface area contributed by atoms with Gasteiger partial charge in [-0.25, -0.2) is 8.42 Å². The van der Waals surface area contributed by atoms with Crippen LogP contribution in [-0.4, -0.2) is 50.0 Å². The molecule has 0 spiro atoms. The van der Waals surface area contributed by atoms with E-state index < -0.39 is 28.5 Å². The number of nitrogens with zero attached hydrogens (tertiary/aromatic N) is 2. The normalized spacial score (nSPS) is 12.4. The highest BCUT2D eigenvalue weighted by Gasteiger charge is 2.32. The van der Waals surface area contributed by atoms with E-state index in [0.29, 0.717) is 12.1 Å². The van der Waals surface area contributed by atoms with E-state index in [1.165, 1.54) is 4.90 Å². The van der Waals surface area contributed by atoms with E-state index in [-0.39, 0.29) is 18.5 Å². The van der Waals surface area contributed by atoms with E-state index in [1.807, 2.05) is 82.3 Å². The quantitative estimate of drug-likeness (QED) is 0.443. The molecule has 0 aliphatic heterocycles. The number of rotatable bonds is 10. The third kappa shape index (κ3) is 6.63. The Morgan fingerprint density at radius 3 is 2.28 bits per heavy atom. The number of fused-ring (bicyclic) bond motifs is 1. The first kappa shape index (κ1) is 27.2. The van der Waals surface area contributed by atoms with Crippen LogP contribution in [0.2, 0.25) is 0 Å². The monoisotopic (exact) mass is 509 g/mol. The summed E-state index contributed by atoms with van der Waals surface area (Å²) in [7, 11) is -3.80. The van der Waals surface area contributed by atoms with Crippen LogP contribution in [0.1, 0.15) is 38.3 Å². The molecular formula is C28H35N3O4S. The second kappa shape index (κ2) is 11.6. The Kier molecular flexibility index (Phi) is 8.74. The van der Waals surface area contributed by atoms with Crippen LogP contribution in [0.4, 0.5) is 5.69 Å². The molecule has 0 unspecified atom stereocenters. The van der Waals surface area contributed by atoms with Crippen molar-refractivity contribution in [1.29, 1.82) is 0 Å². The molecule has 3 aromatic rings. The predicted molar refractivity (Wildman–Crippen MR) is 145 cm³/mol. The summed E-state index contributed by atoms with van der Waals surface area (Å²) in [5.41, 5.74) is 2.34. The van der Waals surface area contributed by atoms with Crippen molar-refractivity contribution < 1.29 is 18.0 Å². The molecule has 0 bridgehead atoms. The van der Waals surface area contributed by atoms with E-state index in [4.69, 9.17) is 0 Å². The Labute approximate surface area is 214 Å². The number of anilines is 1. The average Bonchev–Trinajstić information content (AvgIpc) is 2.81. The lowest BCUT2D eigenvalue weighted by Gasteiger charge is -2.33. The van der Waals surface area contributed by atoms with E-state index in [2.05, 4.69) is 5.32 Å². The van der Waals surface area contributed by atoms with Crippen LogP contribution >= 0.6 is 0 Å². The van der Waals surface area contributed by atoms with Gasteiger partial charge in [-0.3, -0.25) is 13.9 Å². The summed E-state index contributed by atoms with van der Waals surface area (Å²) < 4.78 is 27.0. The van der Waals surface area contributed by atoms with Gasteiger partial charge >= 0.3 is 0 Å². The molecule has 8 heteroatoms. The summed E-state index contributed by atoms with van der Waals surface area (Å²) in [6.07, 6.45) is 1.49. The summed E-state index contributed by atoms with van der Waals surface area (Å²) in [5, 5.41) is 4.50. The fourth-order valence-corrected chi connectivity index (χ4v) is 5.19. The zero-order valence-electron chi connectivity index (χ0n) is 21.6. The van der Waals surface area contributed by atoms with Gasteiger partial charge < -0.3 is 10.2 Å². The molecule has 0 saturated heterocycles. The van der Waals surface area contributed by atoms with Gasteiger partial charge in [0.2, 0.25) is 21.8 Å². The Balaban J connectivity index is 2.03. The lowest BCUT2D eigenvalue weighted by Crippen LogP contribution is -2.53. The topological polar surface area (TPSA) is 86.8 Å². The number of nitrogens with one attached hydrogen (secondary N) is 1. The van der Waals surface area contributed by atoms with Crippen molar-refractivity contribution in [2.75, 3.05) is 17.1 Å². The maximum absolute atomic E-state index is 13.8. The average molecular weight is 510 g/mol. The summed E-state index contributed by atoms with van der Waals surface area (Å²) in [4.78, 5) is 28.4. The van der Waals surface area contributed by atoms with E-state index in [9.17, 15) is 18.0 Å². The second-order valence-corrected chi connectivity index (χ2v) is 11.3. The van der Waals surface area contributed by atoms with Gasteiger partial charge in [-0.1, -0.05) is 73.2 Å². The molecular weight excluding hydrogens is 474 g/mol. The van der Waals surface area contributed by atoms with Crippen molar-refractivity contribution in [3.8, 4) is 0 Å². The van der Waals surface area contributed by atoms with Crippen LogP contribution in [0.5, 0.6) is 0 Å². The fraction of sp³-hybridized carbons (Fsp3) is 0.357. The van der Waals surface area contributed by atoms with Gasteiger partial charge in [0.05, 0.1) is 11.9 Å². The van der Waals surface area contributed by atoms with Crippen LogP contribution in [-0.2, 0) is 26.2 Å². The smallest absolute Gasteiger partial charge is 0.244 e. The standard InChI is InChI=1S/C28H35N3O4S/c1-6-25(28(33)29-20(2)3)30(18-22-12-9-11-21(4)17-22)27(32)19-31(36(5,34)35)26-16-10-14-23-13-7-8-15-24(23)26/h7-17,20,25H,6,18-19H2,1-5H3,(H,29,33)/t25-/m1/s1. The molecule has 0 aliphatic carbocycles. The molecule has 192 valence electrons. The second-order valence-electron chi connectivity index (χ2n) is 9.37. The molecule has 0 aromatic heterocycles. The van der Waals surface area contributed by atoms with Crippen molar-refractivity contribution in [3.63, 3.8) is 0 Å². The number of carbonyl (C=O) groups is 2. The van der Waals surface area contributed by atoms with Gasteiger partial charge in [-0.05, 0) is 44.2 Å². The highest BCUT2D eigenvalue weighted by Crippen LogP contribution is 2.29. The molecule has 36 heavy (non-hydrogen) atoms. The van der Waals surface area contributed by atoms with E-state index in [1.54, 1.807) is 12.1 Å². The molecule has 0 radical (unpaired) electrons. The minimum atomic E-state index is -3.80. The fourth-order valence-electron chi connectivity index (χ4n) is 4.33. The maximum Gasteiger partial charge on any atom is 0.244 e. The Morgan fingerprint density at radius 1 is 0.972 bits per heavy atom. The molecule has 1 atom stereocenters. The van der Waals surface area contributed by atoms with Crippen molar-refractivity contribution >= 4 is 38.3 Å².